The Hall–Kier alpha value is -4.47. The summed E-state index contributed by atoms with van der Waals surface area (Å²) in [6, 6.07) is 12.5. The smallest absolute Gasteiger partial charge is 0.256 e. The van der Waals surface area contributed by atoms with E-state index in [9.17, 15) is 9.59 Å². The molecule has 4 heterocycles. The molecule has 206 valence electrons. The van der Waals surface area contributed by atoms with Gasteiger partial charge in [-0.05, 0) is 74.6 Å². The number of anilines is 2. The first-order chi connectivity index (χ1) is 19.5. The van der Waals surface area contributed by atoms with Gasteiger partial charge in [-0.1, -0.05) is 12.8 Å². The molecule has 2 fully saturated rings. The number of piperidine rings is 1. The molecule has 3 N–H and O–H groups in total. The Morgan fingerprint density at radius 1 is 1.00 bits per heavy atom. The molecular formula is C30H33N7O3. The Morgan fingerprint density at radius 2 is 1.80 bits per heavy atom. The van der Waals surface area contributed by atoms with Crippen LogP contribution < -0.4 is 15.4 Å². The lowest BCUT2D eigenvalue weighted by atomic mass is 10.0. The van der Waals surface area contributed by atoms with Crippen LogP contribution in [0.5, 0.6) is 11.5 Å². The number of carbonyl (C=O) groups excluding carboxylic acids is 2. The number of rotatable bonds is 7. The molecule has 40 heavy (non-hydrogen) atoms. The summed E-state index contributed by atoms with van der Waals surface area (Å²) in [6.45, 7) is 3.43. The third-order valence-electron chi connectivity index (χ3n) is 7.70. The van der Waals surface area contributed by atoms with Gasteiger partial charge in [-0.15, -0.1) is 0 Å². The van der Waals surface area contributed by atoms with Crippen molar-refractivity contribution in [1.82, 2.24) is 25.1 Å². The van der Waals surface area contributed by atoms with Gasteiger partial charge in [0.05, 0.1) is 0 Å². The molecule has 2 aliphatic rings. The van der Waals surface area contributed by atoms with Crippen molar-refractivity contribution in [3.63, 3.8) is 0 Å². The Morgan fingerprint density at radius 3 is 2.60 bits per heavy atom. The zero-order valence-electron chi connectivity index (χ0n) is 22.5. The number of hydrogen-bond acceptors (Lipinski definition) is 7. The van der Waals surface area contributed by atoms with Crippen molar-refractivity contribution < 1.29 is 14.3 Å². The van der Waals surface area contributed by atoms with Crippen molar-refractivity contribution in [2.45, 2.75) is 51.5 Å². The highest BCUT2D eigenvalue weighted by molar-refractivity contribution is 6.03. The van der Waals surface area contributed by atoms with Crippen molar-refractivity contribution in [2.75, 3.05) is 23.7 Å². The van der Waals surface area contributed by atoms with E-state index >= 15 is 0 Å². The second-order valence-electron chi connectivity index (χ2n) is 10.7. The number of H-pyrrole nitrogens is 1. The maximum absolute atomic E-state index is 13.0. The Bertz CT molecular complexity index is 1510. The summed E-state index contributed by atoms with van der Waals surface area (Å²) in [5.74, 6) is 2.58. The Kier molecular flexibility index (Phi) is 7.31. The van der Waals surface area contributed by atoms with E-state index in [0.717, 1.165) is 56.0 Å². The van der Waals surface area contributed by atoms with Crippen LogP contribution >= 0.6 is 0 Å². The second kappa shape index (κ2) is 11.3. The average molecular weight is 540 g/mol. The summed E-state index contributed by atoms with van der Waals surface area (Å²) in [4.78, 5) is 36.3. The van der Waals surface area contributed by atoms with Crippen molar-refractivity contribution in [2.24, 2.45) is 5.92 Å². The van der Waals surface area contributed by atoms with Crippen molar-refractivity contribution in [1.29, 1.82) is 0 Å². The third kappa shape index (κ3) is 5.61. The molecule has 3 aromatic heterocycles. The number of nitrogens with zero attached hydrogens (tertiary/aromatic N) is 4. The SMILES string of the molecule is Cc1ccnc(NC(=O)c2ccc(Oc3ccnc4[nH]nc(N[C@@H]5CCCN(C(=O)C6CCCC6)C5)c34)cc2)c1. The van der Waals surface area contributed by atoms with E-state index in [2.05, 4.69) is 30.8 Å². The van der Waals surface area contributed by atoms with Gasteiger partial charge in [0.2, 0.25) is 5.91 Å². The normalized spacial score (nSPS) is 17.6. The van der Waals surface area contributed by atoms with E-state index in [-0.39, 0.29) is 17.9 Å². The van der Waals surface area contributed by atoms with E-state index in [1.807, 2.05) is 24.0 Å². The summed E-state index contributed by atoms with van der Waals surface area (Å²) in [5.41, 5.74) is 2.12. The number of hydrogen-bond donors (Lipinski definition) is 3. The number of carbonyl (C=O) groups is 2. The summed E-state index contributed by atoms with van der Waals surface area (Å²) in [7, 11) is 0. The van der Waals surface area contributed by atoms with E-state index in [0.29, 0.717) is 46.8 Å². The molecule has 10 nitrogen and oxygen atoms in total. The maximum atomic E-state index is 13.0. The fraction of sp³-hybridized carbons (Fsp3) is 0.367. The largest absolute Gasteiger partial charge is 0.456 e. The predicted molar refractivity (Wildman–Crippen MR) is 153 cm³/mol. The highest BCUT2D eigenvalue weighted by atomic mass is 16.5. The number of aromatic amines is 1. The molecule has 1 aliphatic carbocycles. The van der Waals surface area contributed by atoms with Crippen LogP contribution in [0, 0.1) is 12.8 Å². The number of nitrogens with one attached hydrogen (secondary N) is 3. The molecule has 2 amide bonds. The molecule has 4 aromatic rings. The molecule has 0 bridgehead atoms. The molecule has 10 heteroatoms. The van der Waals surface area contributed by atoms with Crippen molar-refractivity contribution in [3.8, 4) is 11.5 Å². The van der Waals surface area contributed by atoms with Gasteiger partial charge in [-0.2, -0.15) is 5.10 Å². The summed E-state index contributed by atoms with van der Waals surface area (Å²) >= 11 is 0. The number of ether oxygens (including phenoxy) is 1. The number of fused-ring (bicyclic) bond motifs is 1. The number of amides is 2. The van der Waals surface area contributed by atoms with Crippen LogP contribution in [0.25, 0.3) is 11.0 Å². The van der Waals surface area contributed by atoms with Crippen LogP contribution in [0.15, 0.2) is 54.9 Å². The minimum Gasteiger partial charge on any atom is -0.456 e. The fourth-order valence-corrected chi connectivity index (χ4v) is 5.63. The first-order valence-electron chi connectivity index (χ1n) is 13.9. The standard InChI is InChI=1S/C30H33N7O3/c1-19-12-14-31-25(17-19)34-29(38)20-8-10-23(11-9-20)40-24-13-15-32-27-26(24)28(36-35-27)33-22-7-4-16-37(18-22)30(39)21-5-2-3-6-21/h8-15,17,21-22H,2-7,16,18H2,1H3,(H,31,34,38)(H2,32,33,35,36)/t22-/m1/s1. The van der Waals surface area contributed by atoms with E-state index in [1.165, 1.54) is 0 Å². The van der Waals surface area contributed by atoms with Gasteiger partial charge in [-0.25, -0.2) is 9.97 Å². The van der Waals surface area contributed by atoms with Gasteiger partial charge < -0.3 is 20.3 Å². The zero-order valence-corrected chi connectivity index (χ0v) is 22.5. The van der Waals surface area contributed by atoms with Gasteiger partial charge >= 0.3 is 0 Å². The van der Waals surface area contributed by atoms with Crippen LogP contribution in [0.2, 0.25) is 0 Å². The van der Waals surface area contributed by atoms with Crippen LogP contribution in [0.4, 0.5) is 11.6 Å². The number of aryl methyl sites for hydroxylation is 1. The van der Waals surface area contributed by atoms with E-state index in [4.69, 9.17) is 4.74 Å². The molecule has 0 spiro atoms. The summed E-state index contributed by atoms with van der Waals surface area (Å²) in [5, 5.41) is 14.6. The van der Waals surface area contributed by atoms with Crippen LogP contribution in [-0.2, 0) is 4.79 Å². The van der Waals surface area contributed by atoms with Crippen LogP contribution in [0.3, 0.4) is 0 Å². The van der Waals surface area contributed by atoms with Gasteiger partial charge in [0.15, 0.2) is 11.5 Å². The molecule has 1 aliphatic heterocycles. The van der Waals surface area contributed by atoms with E-state index < -0.39 is 0 Å². The highest BCUT2D eigenvalue weighted by Crippen LogP contribution is 2.34. The summed E-state index contributed by atoms with van der Waals surface area (Å²) < 4.78 is 6.23. The second-order valence-corrected chi connectivity index (χ2v) is 10.7. The third-order valence-corrected chi connectivity index (χ3v) is 7.70. The Labute approximate surface area is 232 Å². The first-order valence-corrected chi connectivity index (χ1v) is 13.9. The molecule has 1 saturated heterocycles. The number of likely N-dealkylation sites (tertiary alicyclic amines) is 1. The molecule has 0 radical (unpaired) electrons. The lowest BCUT2D eigenvalue weighted by Crippen LogP contribution is -2.47. The predicted octanol–water partition coefficient (Wildman–Crippen LogP) is 5.30. The molecule has 0 unspecified atom stereocenters. The highest BCUT2D eigenvalue weighted by Gasteiger charge is 2.31. The van der Waals surface area contributed by atoms with Gasteiger partial charge in [0.25, 0.3) is 5.91 Å². The monoisotopic (exact) mass is 539 g/mol. The lowest BCUT2D eigenvalue weighted by Gasteiger charge is -2.34. The first kappa shape index (κ1) is 25.8. The van der Waals surface area contributed by atoms with Crippen LogP contribution in [-0.4, -0.2) is 56.0 Å². The van der Waals surface area contributed by atoms with Gasteiger partial charge in [0, 0.05) is 49.1 Å². The molecule has 1 saturated carbocycles. The fourth-order valence-electron chi connectivity index (χ4n) is 5.63. The van der Waals surface area contributed by atoms with Crippen molar-refractivity contribution in [3.05, 3.63) is 66.0 Å². The number of benzene rings is 1. The average Bonchev–Trinajstić information content (AvgIpc) is 3.65. The van der Waals surface area contributed by atoms with Gasteiger partial charge in [-0.3, -0.25) is 14.7 Å². The van der Waals surface area contributed by atoms with Gasteiger partial charge in [0.1, 0.15) is 22.7 Å². The number of aromatic nitrogens is 4. The Balaban J connectivity index is 1.14. The molecule has 1 aromatic carbocycles. The zero-order chi connectivity index (χ0) is 27.5. The maximum Gasteiger partial charge on any atom is 0.256 e. The van der Waals surface area contributed by atoms with E-state index in [1.54, 1.807) is 42.7 Å². The number of pyridine rings is 2. The lowest BCUT2D eigenvalue weighted by molar-refractivity contribution is -0.136. The summed E-state index contributed by atoms with van der Waals surface area (Å²) in [6.07, 6.45) is 9.58. The van der Waals surface area contributed by atoms with Crippen molar-refractivity contribution >= 4 is 34.5 Å². The molecule has 1 atom stereocenters. The molecular weight excluding hydrogens is 506 g/mol. The van der Waals surface area contributed by atoms with Crippen LogP contribution in [0.1, 0.15) is 54.4 Å². The minimum atomic E-state index is -0.245. The quantitative estimate of drug-likeness (QED) is 0.291. The minimum absolute atomic E-state index is 0.0966. The molecule has 6 rings (SSSR count). The topological polar surface area (TPSA) is 125 Å².